The van der Waals surface area contributed by atoms with Crippen LogP contribution in [0.1, 0.15) is 65.0 Å². The summed E-state index contributed by atoms with van der Waals surface area (Å²) >= 11 is 0. The van der Waals surface area contributed by atoms with Crippen molar-refractivity contribution in [2.24, 2.45) is 17.8 Å². The average Bonchev–Trinajstić information content (AvgIpc) is 2.74. The summed E-state index contributed by atoms with van der Waals surface area (Å²) in [5.74, 6) is 2.40. The van der Waals surface area contributed by atoms with Crippen molar-refractivity contribution in [2.45, 2.75) is 60.3 Å². The lowest BCUT2D eigenvalue weighted by atomic mass is 9.81. The molecular weight excluding hydrogens is 350 g/mol. The predicted octanol–water partition coefficient (Wildman–Crippen LogP) is 8.26. The first-order chi connectivity index (χ1) is 13.9. The van der Waals surface area contributed by atoms with Crippen LogP contribution in [0, 0.1) is 17.8 Å². The van der Waals surface area contributed by atoms with Gasteiger partial charge >= 0.3 is 0 Å². The number of rotatable bonds is 7. The molecule has 3 atom stereocenters. The fraction of sp³-hybridized carbons (Fsp3) is 0.429. The molecule has 0 aromatic heterocycles. The van der Waals surface area contributed by atoms with Crippen LogP contribution in [-0.2, 0) is 6.42 Å². The summed E-state index contributed by atoms with van der Waals surface area (Å²) in [5.41, 5.74) is 6.52. The summed E-state index contributed by atoms with van der Waals surface area (Å²) in [5, 5.41) is 0. The smallest absolute Gasteiger partial charge is 0.0461 e. The van der Waals surface area contributed by atoms with Gasteiger partial charge in [-0.1, -0.05) is 78.0 Å². The van der Waals surface area contributed by atoms with Crippen LogP contribution in [0.2, 0.25) is 0 Å². The highest BCUT2D eigenvalue weighted by molar-refractivity contribution is 5.70. The number of allylic oxidation sites excluding steroid dienone is 3. The number of anilines is 2. The molecule has 0 spiro atoms. The van der Waals surface area contributed by atoms with E-state index in [1.54, 1.807) is 0 Å². The van der Waals surface area contributed by atoms with Crippen LogP contribution in [0.3, 0.4) is 0 Å². The van der Waals surface area contributed by atoms with E-state index < -0.39 is 0 Å². The number of nitrogens with zero attached hydrogens (tertiary/aromatic N) is 1. The maximum Gasteiger partial charge on any atom is 0.0461 e. The monoisotopic (exact) mass is 387 g/mol. The topological polar surface area (TPSA) is 3.24 Å². The maximum absolute atomic E-state index is 2.45. The lowest BCUT2D eigenvalue weighted by Crippen LogP contribution is -2.23. The highest BCUT2D eigenvalue weighted by Crippen LogP contribution is 2.37. The van der Waals surface area contributed by atoms with Crippen molar-refractivity contribution < 1.29 is 0 Å². The molecule has 29 heavy (non-hydrogen) atoms. The van der Waals surface area contributed by atoms with E-state index in [2.05, 4.69) is 113 Å². The molecule has 0 radical (unpaired) electrons. The van der Waals surface area contributed by atoms with E-state index in [0.29, 0.717) is 23.7 Å². The standard InChI is InChI=1S/C28H37N/c1-7-21(5)24-11-15-26(16-12-24)29(25-13-9-23(8-2)10-14-25)27-17-18-28(20(3)4)22(6)19-27/h9-22,28H,7-8H2,1-6H3. The molecule has 0 saturated heterocycles. The van der Waals surface area contributed by atoms with Gasteiger partial charge < -0.3 is 4.90 Å². The first-order valence-electron chi connectivity index (χ1n) is 11.3. The van der Waals surface area contributed by atoms with E-state index in [4.69, 9.17) is 0 Å². The molecular formula is C28H37N. The lowest BCUT2D eigenvalue weighted by Gasteiger charge is -2.32. The van der Waals surface area contributed by atoms with Crippen LogP contribution >= 0.6 is 0 Å². The molecule has 3 rings (SSSR count). The van der Waals surface area contributed by atoms with Crippen LogP contribution in [0.25, 0.3) is 0 Å². The van der Waals surface area contributed by atoms with Gasteiger partial charge in [0.2, 0.25) is 0 Å². The van der Waals surface area contributed by atoms with Crippen molar-refractivity contribution in [3.8, 4) is 0 Å². The Balaban J connectivity index is 2.00. The van der Waals surface area contributed by atoms with Crippen LogP contribution in [0.5, 0.6) is 0 Å². The lowest BCUT2D eigenvalue weighted by molar-refractivity contribution is 0.379. The minimum atomic E-state index is 0.534. The zero-order chi connectivity index (χ0) is 21.0. The normalized spacial score (nSPS) is 19.9. The first-order valence-corrected chi connectivity index (χ1v) is 11.3. The van der Waals surface area contributed by atoms with Gasteiger partial charge in [0.15, 0.2) is 0 Å². The quantitative estimate of drug-likeness (QED) is 0.462. The Morgan fingerprint density at radius 2 is 1.45 bits per heavy atom. The van der Waals surface area contributed by atoms with Crippen molar-refractivity contribution in [1.82, 2.24) is 0 Å². The summed E-state index contributed by atoms with van der Waals surface area (Å²) in [7, 11) is 0. The zero-order valence-electron chi connectivity index (χ0n) is 19.0. The number of aryl methyl sites for hydroxylation is 1. The second-order valence-corrected chi connectivity index (χ2v) is 8.89. The van der Waals surface area contributed by atoms with Gasteiger partial charge in [-0.2, -0.15) is 0 Å². The fourth-order valence-electron chi connectivity index (χ4n) is 4.31. The fourth-order valence-corrected chi connectivity index (χ4v) is 4.31. The Kier molecular flexibility index (Phi) is 7.00. The third kappa shape index (κ3) is 4.83. The Morgan fingerprint density at radius 1 is 0.862 bits per heavy atom. The highest BCUT2D eigenvalue weighted by Gasteiger charge is 2.23. The van der Waals surface area contributed by atoms with Gasteiger partial charge in [-0.05, 0) is 78.0 Å². The van der Waals surface area contributed by atoms with E-state index in [-0.39, 0.29) is 0 Å². The molecule has 2 aromatic carbocycles. The molecule has 3 unspecified atom stereocenters. The van der Waals surface area contributed by atoms with E-state index in [1.165, 1.54) is 34.6 Å². The Hall–Kier alpha value is -2.28. The molecule has 154 valence electrons. The molecule has 0 aliphatic heterocycles. The third-order valence-electron chi connectivity index (χ3n) is 6.49. The number of benzene rings is 2. The molecule has 1 aliphatic rings. The molecule has 1 heteroatoms. The van der Waals surface area contributed by atoms with Gasteiger partial charge in [-0.3, -0.25) is 0 Å². The molecule has 0 N–H and O–H groups in total. The molecule has 0 fully saturated rings. The Labute approximate surface area is 178 Å². The predicted molar refractivity (Wildman–Crippen MR) is 128 cm³/mol. The van der Waals surface area contributed by atoms with Crippen LogP contribution in [0.15, 0.2) is 72.5 Å². The zero-order valence-corrected chi connectivity index (χ0v) is 19.0. The van der Waals surface area contributed by atoms with Crippen molar-refractivity contribution >= 4 is 11.4 Å². The minimum Gasteiger partial charge on any atom is -0.311 e. The third-order valence-corrected chi connectivity index (χ3v) is 6.49. The summed E-state index contributed by atoms with van der Waals surface area (Å²) < 4.78 is 0. The van der Waals surface area contributed by atoms with Crippen molar-refractivity contribution in [2.75, 3.05) is 4.90 Å². The molecule has 2 aromatic rings. The molecule has 0 heterocycles. The summed E-state index contributed by atoms with van der Waals surface area (Å²) in [6, 6.07) is 18.2. The molecule has 0 saturated carbocycles. The summed E-state index contributed by atoms with van der Waals surface area (Å²) in [6.07, 6.45) is 9.41. The van der Waals surface area contributed by atoms with Crippen LogP contribution in [0.4, 0.5) is 11.4 Å². The van der Waals surface area contributed by atoms with E-state index in [9.17, 15) is 0 Å². The number of hydrogen-bond acceptors (Lipinski definition) is 1. The summed E-state index contributed by atoms with van der Waals surface area (Å²) in [4.78, 5) is 2.41. The SMILES string of the molecule is CCc1ccc(N(C2=CC(C)C(C(C)C)C=C2)c2ccc(C(C)CC)cc2)cc1. The summed E-state index contributed by atoms with van der Waals surface area (Å²) in [6.45, 7) is 13.7. The van der Waals surface area contributed by atoms with Gasteiger partial charge in [0, 0.05) is 17.1 Å². The van der Waals surface area contributed by atoms with E-state index in [0.717, 1.165) is 6.42 Å². The van der Waals surface area contributed by atoms with Gasteiger partial charge in [-0.25, -0.2) is 0 Å². The highest BCUT2D eigenvalue weighted by atomic mass is 15.1. The molecule has 1 nitrogen and oxygen atoms in total. The van der Waals surface area contributed by atoms with Gasteiger partial charge in [0.05, 0.1) is 0 Å². The van der Waals surface area contributed by atoms with Crippen molar-refractivity contribution in [3.63, 3.8) is 0 Å². The molecule has 1 aliphatic carbocycles. The Bertz CT molecular complexity index is 839. The Morgan fingerprint density at radius 3 is 1.93 bits per heavy atom. The van der Waals surface area contributed by atoms with Crippen LogP contribution < -0.4 is 4.90 Å². The van der Waals surface area contributed by atoms with Crippen molar-refractivity contribution in [3.05, 3.63) is 83.6 Å². The maximum atomic E-state index is 2.45. The second kappa shape index (κ2) is 9.48. The average molecular weight is 388 g/mol. The number of hydrogen-bond donors (Lipinski definition) is 0. The van der Waals surface area contributed by atoms with E-state index >= 15 is 0 Å². The van der Waals surface area contributed by atoms with Gasteiger partial charge in [0.1, 0.15) is 0 Å². The van der Waals surface area contributed by atoms with E-state index in [1.807, 2.05) is 0 Å². The molecule has 0 bridgehead atoms. The van der Waals surface area contributed by atoms with Crippen molar-refractivity contribution in [1.29, 1.82) is 0 Å². The van der Waals surface area contributed by atoms with Gasteiger partial charge in [0.25, 0.3) is 0 Å². The largest absolute Gasteiger partial charge is 0.311 e. The second-order valence-electron chi connectivity index (χ2n) is 8.89. The molecule has 0 amide bonds. The first kappa shape index (κ1) is 21.4. The van der Waals surface area contributed by atoms with Crippen LogP contribution in [-0.4, -0.2) is 0 Å². The minimum absolute atomic E-state index is 0.534. The van der Waals surface area contributed by atoms with Gasteiger partial charge in [-0.15, -0.1) is 0 Å².